The molecule has 2 rings (SSSR count). The number of nitrogens with one attached hydrogen (secondary N) is 2. The van der Waals surface area contributed by atoms with Crippen molar-refractivity contribution in [3.05, 3.63) is 35.4 Å². The monoisotopic (exact) mass is 345 g/mol. The molecular weight excluding hydrogens is 310 g/mol. The van der Waals surface area contributed by atoms with Gasteiger partial charge in [-0.2, -0.15) is 0 Å². The summed E-state index contributed by atoms with van der Waals surface area (Å²) in [7, 11) is 3.99. The van der Waals surface area contributed by atoms with Crippen LogP contribution in [0.5, 0.6) is 0 Å². The molecule has 0 aromatic heterocycles. The molecule has 0 atom stereocenters. The molecule has 0 radical (unpaired) electrons. The van der Waals surface area contributed by atoms with E-state index in [2.05, 4.69) is 63.7 Å². The first-order valence-corrected chi connectivity index (χ1v) is 9.64. The van der Waals surface area contributed by atoms with Gasteiger partial charge in [0.2, 0.25) is 0 Å². The summed E-state index contributed by atoms with van der Waals surface area (Å²) in [5.41, 5.74) is 2.65. The molecular formula is C20H35N5. The van der Waals surface area contributed by atoms with Crippen molar-refractivity contribution in [2.45, 2.75) is 39.3 Å². The van der Waals surface area contributed by atoms with Crippen LogP contribution in [0.4, 0.5) is 0 Å². The zero-order valence-electron chi connectivity index (χ0n) is 16.2. The molecule has 25 heavy (non-hydrogen) atoms. The third-order valence-corrected chi connectivity index (χ3v) is 4.84. The van der Waals surface area contributed by atoms with E-state index in [1.165, 1.54) is 43.5 Å². The fraction of sp³-hybridized carbons (Fsp3) is 0.650. The van der Waals surface area contributed by atoms with Crippen LogP contribution in [0, 0.1) is 0 Å². The zero-order valence-corrected chi connectivity index (χ0v) is 16.2. The number of guanidine groups is 1. The van der Waals surface area contributed by atoms with Crippen molar-refractivity contribution >= 4 is 5.96 Å². The van der Waals surface area contributed by atoms with Crippen LogP contribution < -0.4 is 10.6 Å². The molecule has 140 valence electrons. The predicted molar refractivity (Wildman–Crippen MR) is 107 cm³/mol. The van der Waals surface area contributed by atoms with E-state index in [0.717, 1.165) is 38.7 Å². The van der Waals surface area contributed by atoms with Crippen molar-refractivity contribution < 1.29 is 0 Å². The van der Waals surface area contributed by atoms with Gasteiger partial charge in [-0.15, -0.1) is 0 Å². The van der Waals surface area contributed by atoms with E-state index in [1.54, 1.807) is 0 Å². The third kappa shape index (κ3) is 7.45. The van der Waals surface area contributed by atoms with Crippen LogP contribution in [-0.2, 0) is 13.1 Å². The lowest BCUT2D eigenvalue weighted by molar-refractivity contribution is 0.232. The summed E-state index contributed by atoms with van der Waals surface area (Å²) in [6.07, 6.45) is 4.08. The van der Waals surface area contributed by atoms with Crippen LogP contribution in [0.15, 0.2) is 29.3 Å². The molecule has 1 heterocycles. The molecule has 1 fully saturated rings. The maximum atomic E-state index is 4.34. The Balaban J connectivity index is 1.73. The van der Waals surface area contributed by atoms with Gasteiger partial charge in [-0.25, -0.2) is 0 Å². The lowest BCUT2D eigenvalue weighted by Gasteiger charge is -2.26. The maximum Gasteiger partial charge on any atom is 0.191 e. The highest BCUT2D eigenvalue weighted by atomic mass is 15.2. The molecule has 0 bridgehead atoms. The van der Waals surface area contributed by atoms with E-state index in [-0.39, 0.29) is 0 Å². The Kier molecular flexibility index (Phi) is 8.77. The number of benzene rings is 1. The van der Waals surface area contributed by atoms with E-state index in [4.69, 9.17) is 0 Å². The molecule has 1 aromatic rings. The summed E-state index contributed by atoms with van der Waals surface area (Å²) in [6, 6.07) is 8.79. The molecule has 1 aliphatic heterocycles. The highest BCUT2D eigenvalue weighted by molar-refractivity contribution is 5.79. The highest BCUT2D eigenvalue weighted by Crippen LogP contribution is 2.08. The van der Waals surface area contributed by atoms with Crippen LogP contribution in [0.1, 0.15) is 37.3 Å². The molecule has 1 aromatic carbocycles. The van der Waals surface area contributed by atoms with Gasteiger partial charge in [0.1, 0.15) is 0 Å². The normalized spacial score (nSPS) is 16.2. The van der Waals surface area contributed by atoms with E-state index in [9.17, 15) is 0 Å². The summed E-state index contributed by atoms with van der Waals surface area (Å²) in [6.45, 7) is 9.57. The first-order chi connectivity index (χ1) is 12.2. The van der Waals surface area contributed by atoms with Gasteiger partial charge >= 0.3 is 0 Å². The minimum atomic E-state index is 0.799. The molecule has 0 spiro atoms. The number of hydrogen-bond acceptors (Lipinski definition) is 3. The third-order valence-electron chi connectivity index (χ3n) is 4.84. The van der Waals surface area contributed by atoms with Gasteiger partial charge in [-0.1, -0.05) is 37.6 Å². The number of hydrogen-bond donors (Lipinski definition) is 2. The number of aliphatic imine (C=N–C) groups is 1. The van der Waals surface area contributed by atoms with E-state index >= 15 is 0 Å². The minimum absolute atomic E-state index is 0.799. The second kappa shape index (κ2) is 11.1. The molecule has 2 N–H and O–H groups in total. The van der Waals surface area contributed by atoms with Crippen LogP contribution >= 0.6 is 0 Å². The second-order valence-corrected chi connectivity index (χ2v) is 6.91. The van der Waals surface area contributed by atoms with Gasteiger partial charge in [-0.05, 0) is 50.7 Å². The van der Waals surface area contributed by atoms with Gasteiger partial charge in [0.25, 0.3) is 0 Å². The lowest BCUT2D eigenvalue weighted by atomic mass is 10.1. The maximum absolute atomic E-state index is 4.34. The number of piperidine rings is 1. The van der Waals surface area contributed by atoms with Gasteiger partial charge in [0.15, 0.2) is 5.96 Å². The Bertz CT molecular complexity index is 523. The minimum Gasteiger partial charge on any atom is -0.355 e. The molecule has 5 nitrogen and oxygen atoms in total. The SMILES string of the molecule is CCN(C)Cc1cccc(CNC(=NC)NCCN2CCCCC2)c1. The molecule has 1 saturated heterocycles. The van der Waals surface area contributed by atoms with Crippen molar-refractivity contribution in [1.29, 1.82) is 0 Å². The summed E-state index contributed by atoms with van der Waals surface area (Å²) in [4.78, 5) is 9.19. The summed E-state index contributed by atoms with van der Waals surface area (Å²) < 4.78 is 0. The van der Waals surface area contributed by atoms with Crippen LogP contribution in [0.25, 0.3) is 0 Å². The van der Waals surface area contributed by atoms with Crippen molar-refractivity contribution in [3.63, 3.8) is 0 Å². The van der Waals surface area contributed by atoms with E-state index < -0.39 is 0 Å². The largest absolute Gasteiger partial charge is 0.355 e. The quantitative estimate of drug-likeness (QED) is 0.560. The smallest absolute Gasteiger partial charge is 0.191 e. The van der Waals surface area contributed by atoms with Crippen molar-refractivity contribution in [2.75, 3.05) is 46.8 Å². The molecule has 0 saturated carbocycles. The Hall–Kier alpha value is -1.59. The van der Waals surface area contributed by atoms with Crippen LogP contribution in [0.2, 0.25) is 0 Å². The average Bonchev–Trinajstić information content (AvgIpc) is 2.65. The van der Waals surface area contributed by atoms with E-state index in [1.807, 2.05) is 7.05 Å². The molecule has 0 aliphatic carbocycles. The fourth-order valence-electron chi connectivity index (χ4n) is 3.18. The molecule has 0 amide bonds. The molecule has 5 heteroatoms. The first kappa shape index (κ1) is 19.7. The Morgan fingerprint density at radius 2 is 1.92 bits per heavy atom. The van der Waals surface area contributed by atoms with Gasteiger partial charge in [-0.3, -0.25) is 4.99 Å². The zero-order chi connectivity index (χ0) is 17.9. The van der Waals surface area contributed by atoms with E-state index in [0.29, 0.717) is 0 Å². The second-order valence-electron chi connectivity index (χ2n) is 6.91. The van der Waals surface area contributed by atoms with Gasteiger partial charge in [0, 0.05) is 33.2 Å². The van der Waals surface area contributed by atoms with Crippen LogP contribution in [-0.4, -0.2) is 62.6 Å². The molecule has 0 unspecified atom stereocenters. The number of nitrogens with zero attached hydrogens (tertiary/aromatic N) is 3. The van der Waals surface area contributed by atoms with Crippen molar-refractivity contribution in [3.8, 4) is 0 Å². The van der Waals surface area contributed by atoms with Crippen molar-refractivity contribution in [1.82, 2.24) is 20.4 Å². The molecule has 1 aliphatic rings. The summed E-state index contributed by atoms with van der Waals surface area (Å²) in [5.74, 6) is 0.882. The topological polar surface area (TPSA) is 42.9 Å². The highest BCUT2D eigenvalue weighted by Gasteiger charge is 2.09. The van der Waals surface area contributed by atoms with Crippen LogP contribution in [0.3, 0.4) is 0 Å². The van der Waals surface area contributed by atoms with Crippen molar-refractivity contribution in [2.24, 2.45) is 4.99 Å². The summed E-state index contributed by atoms with van der Waals surface area (Å²) in [5, 5.41) is 6.86. The summed E-state index contributed by atoms with van der Waals surface area (Å²) >= 11 is 0. The predicted octanol–water partition coefficient (Wildman–Crippen LogP) is 2.29. The average molecular weight is 346 g/mol. The number of likely N-dealkylation sites (tertiary alicyclic amines) is 1. The lowest BCUT2D eigenvalue weighted by Crippen LogP contribution is -2.42. The Morgan fingerprint density at radius 3 is 2.64 bits per heavy atom. The Labute approximate surface area is 153 Å². The van der Waals surface area contributed by atoms with Gasteiger partial charge < -0.3 is 20.4 Å². The standard InChI is InChI=1S/C20H35N5/c1-4-24(3)17-19-10-8-9-18(15-19)16-23-20(21-2)22-11-14-25-12-6-5-7-13-25/h8-10,15H,4-7,11-14,16-17H2,1-3H3,(H2,21,22,23). The fourth-order valence-corrected chi connectivity index (χ4v) is 3.18. The number of rotatable bonds is 8. The van der Waals surface area contributed by atoms with Gasteiger partial charge in [0.05, 0.1) is 0 Å². The Morgan fingerprint density at radius 1 is 1.16 bits per heavy atom. The first-order valence-electron chi connectivity index (χ1n) is 9.64.